The van der Waals surface area contributed by atoms with Crippen molar-refractivity contribution in [2.45, 2.75) is 105 Å². The zero-order chi connectivity index (χ0) is 30.0. The van der Waals surface area contributed by atoms with E-state index in [2.05, 4.69) is 144 Å². The third-order valence-corrected chi connectivity index (χ3v) is 7.96. The van der Waals surface area contributed by atoms with Crippen molar-refractivity contribution in [2.75, 3.05) is 0 Å². The van der Waals surface area contributed by atoms with Crippen LogP contribution in [0.5, 0.6) is 11.5 Å². The Morgan fingerprint density at radius 1 is 0.350 bits per heavy atom. The first-order chi connectivity index (χ1) is 18.2. The van der Waals surface area contributed by atoms with E-state index >= 15 is 0 Å². The van der Waals surface area contributed by atoms with Gasteiger partial charge in [0.25, 0.3) is 0 Å². The summed E-state index contributed by atoms with van der Waals surface area (Å²) in [5.41, 5.74) is 7.75. The van der Waals surface area contributed by atoms with Crippen LogP contribution in [-0.2, 0) is 21.7 Å². The first kappa shape index (κ1) is 29.7. The molecule has 40 heavy (non-hydrogen) atoms. The van der Waals surface area contributed by atoms with Crippen LogP contribution in [0.25, 0.3) is 33.0 Å². The van der Waals surface area contributed by atoms with Crippen LogP contribution >= 0.6 is 0 Å². The summed E-state index contributed by atoms with van der Waals surface area (Å²) >= 11 is 0. The molecule has 4 aromatic carbocycles. The normalized spacial score (nSPS) is 13.2. The summed E-state index contributed by atoms with van der Waals surface area (Å²) in [4.78, 5) is 0. The minimum atomic E-state index is -0.173. The highest BCUT2D eigenvalue weighted by atomic mass is 16.3. The van der Waals surface area contributed by atoms with Crippen LogP contribution in [0.15, 0.2) is 60.7 Å². The Labute approximate surface area is 242 Å². The number of hydrogen-bond donors (Lipinski definition) is 2. The van der Waals surface area contributed by atoms with Crippen molar-refractivity contribution in [3.05, 3.63) is 82.9 Å². The number of aromatic hydroxyl groups is 2. The lowest BCUT2D eigenvalue weighted by Crippen LogP contribution is -2.17. The molecular formula is C38H48O2. The third-order valence-electron chi connectivity index (χ3n) is 7.96. The third kappa shape index (κ3) is 5.78. The molecule has 0 saturated heterocycles. The maximum Gasteiger partial charge on any atom is 0.123 e. The molecule has 0 aliphatic rings. The van der Waals surface area contributed by atoms with Crippen molar-refractivity contribution < 1.29 is 10.2 Å². The minimum absolute atomic E-state index is 0.173. The van der Waals surface area contributed by atoms with E-state index in [9.17, 15) is 10.2 Å². The van der Waals surface area contributed by atoms with Gasteiger partial charge in [0.15, 0.2) is 0 Å². The quantitative estimate of drug-likeness (QED) is 0.267. The van der Waals surface area contributed by atoms with Gasteiger partial charge in [0.2, 0.25) is 0 Å². The Balaban J connectivity index is 1.86. The van der Waals surface area contributed by atoms with E-state index < -0.39 is 0 Å². The van der Waals surface area contributed by atoms with Gasteiger partial charge in [-0.15, -0.1) is 0 Å². The van der Waals surface area contributed by atoms with Crippen LogP contribution in [0, 0.1) is 0 Å². The molecule has 212 valence electrons. The van der Waals surface area contributed by atoms with Crippen LogP contribution < -0.4 is 0 Å². The number of benzene rings is 4. The highest BCUT2D eigenvalue weighted by Gasteiger charge is 2.28. The van der Waals surface area contributed by atoms with Gasteiger partial charge in [-0.25, -0.2) is 0 Å². The van der Waals surface area contributed by atoms with Gasteiger partial charge in [0.1, 0.15) is 11.5 Å². The second-order valence-corrected chi connectivity index (χ2v) is 15.6. The molecule has 0 saturated carbocycles. The molecule has 4 rings (SSSR count). The van der Waals surface area contributed by atoms with Crippen LogP contribution in [0.4, 0.5) is 0 Å². The van der Waals surface area contributed by atoms with Crippen LogP contribution in [-0.4, -0.2) is 10.2 Å². The monoisotopic (exact) mass is 536 g/mol. The lowest BCUT2D eigenvalue weighted by Gasteiger charge is -2.28. The van der Waals surface area contributed by atoms with Crippen molar-refractivity contribution in [2.24, 2.45) is 0 Å². The van der Waals surface area contributed by atoms with E-state index in [1.54, 1.807) is 0 Å². The maximum atomic E-state index is 11.2. The number of rotatable bonds is 2. The van der Waals surface area contributed by atoms with Crippen molar-refractivity contribution in [3.63, 3.8) is 0 Å². The SMILES string of the molecule is CC(C)(C)c1cc(-c2ccc3cc(-c4cc(C(C)(C)C)c(O)c(C(C)(C)C)c4)ccc3c2)cc(C(C)(C)C)c1O. The minimum Gasteiger partial charge on any atom is -0.507 e. The second-order valence-electron chi connectivity index (χ2n) is 15.6. The Morgan fingerprint density at radius 3 is 0.825 bits per heavy atom. The first-order valence-electron chi connectivity index (χ1n) is 14.5. The summed E-state index contributed by atoms with van der Waals surface area (Å²) in [7, 11) is 0. The molecule has 2 N–H and O–H groups in total. The summed E-state index contributed by atoms with van der Waals surface area (Å²) in [6, 6.07) is 21.9. The number of hydrogen-bond acceptors (Lipinski definition) is 2. The molecule has 0 amide bonds. The topological polar surface area (TPSA) is 40.5 Å². The van der Waals surface area contributed by atoms with Gasteiger partial charge in [0.05, 0.1) is 0 Å². The molecule has 2 nitrogen and oxygen atoms in total. The van der Waals surface area contributed by atoms with Gasteiger partial charge in [-0.3, -0.25) is 0 Å². The van der Waals surface area contributed by atoms with Gasteiger partial charge < -0.3 is 10.2 Å². The summed E-state index contributed by atoms with van der Waals surface area (Å²) in [5, 5.41) is 24.7. The Hall–Kier alpha value is -3.26. The molecular weight excluding hydrogens is 488 g/mol. The highest BCUT2D eigenvalue weighted by molar-refractivity contribution is 5.91. The molecule has 0 atom stereocenters. The zero-order valence-electron chi connectivity index (χ0n) is 26.7. The van der Waals surface area contributed by atoms with Gasteiger partial charge in [0, 0.05) is 22.3 Å². The first-order valence-corrected chi connectivity index (χ1v) is 14.5. The molecule has 0 fully saturated rings. The summed E-state index contributed by atoms with van der Waals surface area (Å²) < 4.78 is 0. The Bertz CT molecular complexity index is 1380. The molecule has 0 heterocycles. The molecule has 0 spiro atoms. The molecule has 0 unspecified atom stereocenters. The van der Waals surface area contributed by atoms with Gasteiger partial charge in [-0.1, -0.05) is 107 Å². The van der Waals surface area contributed by atoms with Crippen molar-refractivity contribution in [1.82, 2.24) is 0 Å². The Morgan fingerprint density at radius 2 is 0.600 bits per heavy atom. The lowest BCUT2D eigenvalue weighted by molar-refractivity contribution is 0.422. The molecule has 0 radical (unpaired) electrons. The van der Waals surface area contributed by atoms with Gasteiger partial charge >= 0.3 is 0 Å². The largest absolute Gasteiger partial charge is 0.507 e. The van der Waals surface area contributed by atoms with E-state index in [1.807, 2.05) is 0 Å². The summed E-state index contributed by atoms with van der Waals surface area (Å²) in [5.74, 6) is 0.819. The zero-order valence-corrected chi connectivity index (χ0v) is 26.7. The molecule has 0 bridgehead atoms. The highest BCUT2D eigenvalue weighted by Crippen LogP contribution is 2.44. The van der Waals surface area contributed by atoms with E-state index in [-0.39, 0.29) is 21.7 Å². The standard InChI is InChI=1S/C38H48O2/c1-35(2,3)29-19-27(20-30(33(29)39)36(4,5)6)25-15-13-24-18-26(16-14-23(24)17-25)28-21-31(37(7,8)9)34(40)32(22-28)38(10,11)12/h13-22,39-40H,1-12H3. The average molecular weight is 537 g/mol. The number of phenolic OH excluding ortho intramolecular Hbond substituents is 2. The predicted molar refractivity (Wildman–Crippen MR) is 173 cm³/mol. The number of fused-ring (bicyclic) bond motifs is 1. The van der Waals surface area contributed by atoms with Crippen molar-refractivity contribution in [3.8, 4) is 33.8 Å². The van der Waals surface area contributed by atoms with Crippen LogP contribution in [0.1, 0.15) is 105 Å². The average Bonchev–Trinajstić information content (AvgIpc) is 2.80. The van der Waals surface area contributed by atoms with E-state index in [4.69, 9.17) is 0 Å². The molecule has 4 aromatic rings. The fourth-order valence-corrected chi connectivity index (χ4v) is 5.49. The Kier molecular flexibility index (Phi) is 7.19. The maximum absolute atomic E-state index is 11.2. The van der Waals surface area contributed by atoms with Gasteiger partial charge in [-0.2, -0.15) is 0 Å². The molecule has 0 aliphatic carbocycles. The van der Waals surface area contributed by atoms with E-state index in [0.717, 1.165) is 44.5 Å². The molecule has 2 heteroatoms. The van der Waals surface area contributed by atoms with Crippen molar-refractivity contribution in [1.29, 1.82) is 0 Å². The van der Waals surface area contributed by atoms with Crippen LogP contribution in [0.2, 0.25) is 0 Å². The second kappa shape index (κ2) is 9.68. The summed E-state index contributed by atoms with van der Waals surface area (Å²) in [6.07, 6.45) is 0. The number of phenols is 2. The molecule has 0 aliphatic heterocycles. The van der Waals surface area contributed by atoms with E-state index in [0.29, 0.717) is 11.5 Å². The fraction of sp³-hybridized carbons (Fsp3) is 0.421. The van der Waals surface area contributed by atoms with Crippen LogP contribution in [0.3, 0.4) is 0 Å². The van der Waals surface area contributed by atoms with Gasteiger partial charge in [-0.05, 0) is 91.1 Å². The summed E-state index contributed by atoms with van der Waals surface area (Å²) in [6.45, 7) is 25.8. The fourth-order valence-electron chi connectivity index (χ4n) is 5.49. The smallest absolute Gasteiger partial charge is 0.123 e. The van der Waals surface area contributed by atoms with E-state index in [1.165, 1.54) is 10.8 Å². The lowest BCUT2D eigenvalue weighted by atomic mass is 9.77. The predicted octanol–water partition coefficient (Wildman–Crippen LogP) is 10.8. The van der Waals surface area contributed by atoms with Crippen molar-refractivity contribution >= 4 is 10.8 Å². The molecule has 0 aromatic heterocycles.